The zero-order valence-corrected chi connectivity index (χ0v) is 24.1. The molecule has 0 radical (unpaired) electrons. The van der Waals surface area contributed by atoms with Gasteiger partial charge in [-0.15, -0.1) is 12.4 Å². The summed E-state index contributed by atoms with van der Waals surface area (Å²) in [5.74, 6) is -0.985. The van der Waals surface area contributed by atoms with Crippen LogP contribution in [0.1, 0.15) is 63.0 Å². The Labute approximate surface area is 243 Å². The van der Waals surface area contributed by atoms with E-state index in [-0.39, 0.29) is 43.7 Å². The molecular weight excluding hydrogens is 526 g/mol. The fourth-order valence-corrected chi connectivity index (χ4v) is 4.78. The Morgan fingerprint density at radius 3 is 2.27 bits per heavy atom. The molecule has 8 heteroatoms. The van der Waals surface area contributed by atoms with Crippen LogP contribution in [0.15, 0.2) is 72.8 Å². The number of rotatable bonds is 16. The number of nitrogens with zero attached hydrogens (tertiary/aromatic N) is 1. The number of esters is 1. The van der Waals surface area contributed by atoms with Gasteiger partial charge >= 0.3 is 5.97 Å². The summed E-state index contributed by atoms with van der Waals surface area (Å²) in [6.45, 7) is 2.83. The van der Waals surface area contributed by atoms with Crippen molar-refractivity contribution in [3.8, 4) is 0 Å². The minimum absolute atomic E-state index is 0. The van der Waals surface area contributed by atoms with Gasteiger partial charge < -0.3 is 21.1 Å². The molecule has 0 saturated carbocycles. The average Bonchev–Trinajstić information content (AvgIpc) is 2.94. The quantitative estimate of drug-likeness (QED) is 0.180. The maximum atomic E-state index is 13.6. The molecule has 3 rings (SSSR count). The molecule has 0 fully saturated rings. The van der Waals surface area contributed by atoms with Crippen molar-refractivity contribution < 1.29 is 19.1 Å². The number of benzene rings is 3. The lowest BCUT2D eigenvalue weighted by Gasteiger charge is -2.33. The molecule has 2 amide bonds. The highest BCUT2D eigenvalue weighted by atomic mass is 35.5. The lowest BCUT2D eigenvalue weighted by atomic mass is 9.97. The van der Waals surface area contributed by atoms with Crippen LogP contribution < -0.4 is 11.5 Å². The van der Waals surface area contributed by atoms with E-state index in [0.717, 1.165) is 41.2 Å². The first-order valence-corrected chi connectivity index (χ1v) is 13.9. The van der Waals surface area contributed by atoms with E-state index in [1.165, 1.54) is 0 Å². The summed E-state index contributed by atoms with van der Waals surface area (Å²) in [6.07, 6.45) is 4.32. The largest absolute Gasteiger partial charge is 0.461 e. The molecule has 216 valence electrons. The van der Waals surface area contributed by atoms with Crippen LogP contribution in [0.3, 0.4) is 0 Å². The molecule has 2 atom stereocenters. The number of fused-ring (bicyclic) bond motifs is 1. The van der Waals surface area contributed by atoms with Gasteiger partial charge in [0.05, 0.1) is 6.04 Å². The fourth-order valence-electron chi connectivity index (χ4n) is 4.78. The van der Waals surface area contributed by atoms with Crippen molar-refractivity contribution in [3.05, 3.63) is 83.9 Å². The van der Waals surface area contributed by atoms with Gasteiger partial charge in [0.1, 0.15) is 6.61 Å². The van der Waals surface area contributed by atoms with Gasteiger partial charge in [-0.05, 0) is 47.6 Å². The maximum Gasteiger partial charge on any atom is 0.306 e. The van der Waals surface area contributed by atoms with E-state index >= 15 is 0 Å². The molecule has 0 aliphatic rings. The second-order valence-corrected chi connectivity index (χ2v) is 10.1. The number of carbonyl (C=O) groups is 3. The number of halogens is 1. The number of ether oxygens (including phenoxy) is 1. The Bertz CT molecular complexity index is 1220. The van der Waals surface area contributed by atoms with Gasteiger partial charge in [-0.2, -0.15) is 0 Å². The van der Waals surface area contributed by atoms with Gasteiger partial charge in [0.15, 0.2) is 0 Å². The molecule has 0 aromatic heterocycles. The number of carbonyl (C=O) groups excluding carboxylic acids is 3. The van der Waals surface area contributed by atoms with Crippen LogP contribution in [0.25, 0.3) is 10.8 Å². The summed E-state index contributed by atoms with van der Waals surface area (Å²) >= 11 is 0. The van der Waals surface area contributed by atoms with Crippen LogP contribution in [0, 0.1) is 0 Å². The van der Waals surface area contributed by atoms with Gasteiger partial charge in [-0.25, -0.2) is 0 Å². The van der Waals surface area contributed by atoms with E-state index in [1.807, 2.05) is 54.6 Å². The smallest absolute Gasteiger partial charge is 0.306 e. The van der Waals surface area contributed by atoms with Crippen LogP contribution in [-0.2, 0) is 32.1 Å². The van der Waals surface area contributed by atoms with E-state index in [4.69, 9.17) is 16.2 Å². The van der Waals surface area contributed by atoms with Crippen LogP contribution in [-0.4, -0.2) is 41.3 Å². The molecule has 7 nitrogen and oxygen atoms in total. The topological polar surface area (TPSA) is 116 Å². The van der Waals surface area contributed by atoms with Crippen molar-refractivity contribution in [1.82, 2.24) is 4.90 Å². The molecular formula is C32H42ClN3O4. The minimum atomic E-state index is -0.777. The Balaban J connectivity index is 0.00000560. The summed E-state index contributed by atoms with van der Waals surface area (Å²) in [4.78, 5) is 39.6. The normalized spacial score (nSPS) is 12.2. The molecule has 3 aromatic rings. The zero-order chi connectivity index (χ0) is 28.0. The van der Waals surface area contributed by atoms with Gasteiger partial charge in [0.25, 0.3) is 0 Å². The predicted molar refractivity (Wildman–Crippen MR) is 162 cm³/mol. The highest BCUT2D eigenvalue weighted by Crippen LogP contribution is 2.21. The number of hydrogen-bond donors (Lipinski definition) is 2. The van der Waals surface area contributed by atoms with Crippen molar-refractivity contribution in [2.45, 2.75) is 77.0 Å². The van der Waals surface area contributed by atoms with E-state index in [0.29, 0.717) is 25.8 Å². The SMILES string of the molecule is CCCCCN(C(=O)[C@@H](N)CCCC(=O)OCc1ccccc1)[C@H](CC(N)=O)Cc1ccc2ccccc2c1.Cl. The lowest BCUT2D eigenvalue weighted by Crippen LogP contribution is -2.51. The lowest BCUT2D eigenvalue weighted by molar-refractivity contribution is -0.145. The van der Waals surface area contributed by atoms with Crippen molar-refractivity contribution in [2.75, 3.05) is 6.54 Å². The minimum Gasteiger partial charge on any atom is -0.461 e. The Kier molecular flexibility index (Phi) is 14.2. The number of amides is 2. The molecule has 4 N–H and O–H groups in total. The van der Waals surface area contributed by atoms with E-state index < -0.39 is 18.0 Å². The van der Waals surface area contributed by atoms with Crippen LogP contribution >= 0.6 is 12.4 Å². The summed E-state index contributed by atoms with van der Waals surface area (Å²) in [5.41, 5.74) is 13.9. The van der Waals surface area contributed by atoms with E-state index in [2.05, 4.69) is 25.1 Å². The zero-order valence-electron chi connectivity index (χ0n) is 23.3. The molecule has 0 aliphatic carbocycles. The highest BCUT2D eigenvalue weighted by molar-refractivity contribution is 5.85. The second-order valence-electron chi connectivity index (χ2n) is 10.1. The van der Waals surface area contributed by atoms with Crippen molar-refractivity contribution >= 4 is 41.0 Å². The van der Waals surface area contributed by atoms with Gasteiger partial charge in [0.2, 0.25) is 11.8 Å². The summed E-state index contributed by atoms with van der Waals surface area (Å²) < 4.78 is 5.34. The summed E-state index contributed by atoms with van der Waals surface area (Å²) in [6, 6.07) is 22.6. The van der Waals surface area contributed by atoms with Crippen molar-refractivity contribution in [3.63, 3.8) is 0 Å². The number of unbranched alkanes of at least 4 members (excludes halogenated alkanes) is 2. The summed E-state index contributed by atoms with van der Waals surface area (Å²) in [7, 11) is 0. The molecule has 0 bridgehead atoms. The third-order valence-electron chi connectivity index (χ3n) is 6.90. The molecule has 40 heavy (non-hydrogen) atoms. The summed E-state index contributed by atoms with van der Waals surface area (Å²) in [5, 5.41) is 2.24. The molecule has 0 unspecified atom stereocenters. The molecule has 0 aliphatic heterocycles. The monoisotopic (exact) mass is 567 g/mol. The Hall–Kier alpha value is -3.42. The van der Waals surface area contributed by atoms with E-state index in [1.54, 1.807) is 4.90 Å². The first kappa shape index (κ1) is 32.8. The molecule has 0 saturated heterocycles. The number of primary amides is 1. The van der Waals surface area contributed by atoms with Crippen LogP contribution in [0.2, 0.25) is 0 Å². The molecule has 0 spiro atoms. The van der Waals surface area contributed by atoms with Crippen molar-refractivity contribution in [2.24, 2.45) is 11.5 Å². The number of nitrogens with two attached hydrogens (primary N) is 2. The van der Waals surface area contributed by atoms with Gasteiger partial charge in [-0.1, -0.05) is 92.6 Å². The first-order valence-electron chi connectivity index (χ1n) is 13.9. The highest BCUT2D eigenvalue weighted by Gasteiger charge is 2.29. The fraction of sp³-hybridized carbons (Fsp3) is 0.406. The average molecular weight is 568 g/mol. The van der Waals surface area contributed by atoms with Crippen LogP contribution in [0.4, 0.5) is 0 Å². The Morgan fingerprint density at radius 1 is 0.875 bits per heavy atom. The second kappa shape index (κ2) is 17.3. The standard InChI is InChI=1S/C32H41N3O4.ClH/c1-2-3-9-19-35(28(22-30(34)36)21-25-17-18-26-13-7-8-14-27(26)20-25)32(38)29(33)15-10-16-31(37)39-23-24-11-5-4-6-12-24;/h4-8,11-14,17-18,20,28-29H,2-3,9-10,15-16,19,21-23,33H2,1H3,(H2,34,36);1H/t28-,29-;/m0./s1. The maximum absolute atomic E-state index is 13.6. The number of hydrogen-bond acceptors (Lipinski definition) is 5. The van der Waals surface area contributed by atoms with Crippen molar-refractivity contribution in [1.29, 1.82) is 0 Å². The van der Waals surface area contributed by atoms with Crippen LogP contribution in [0.5, 0.6) is 0 Å². The predicted octanol–water partition coefficient (Wildman–Crippen LogP) is 5.31. The van der Waals surface area contributed by atoms with Gasteiger partial charge in [-0.3, -0.25) is 14.4 Å². The van der Waals surface area contributed by atoms with E-state index in [9.17, 15) is 14.4 Å². The Morgan fingerprint density at radius 2 is 1.57 bits per heavy atom. The van der Waals surface area contributed by atoms with Gasteiger partial charge in [0, 0.05) is 25.4 Å². The third kappa shape index (κ3) is 10.6. The third-order valence-corrected chi connectivity index (χ3v) is 6.90. The first-order chi connectivity index (χ1) is 18.9. The molecule has 0 heterocycles. The molecule has 3 aromatic carbocycles.